The number of furan rings is 1. The van der Waals surface area contributed by atoms with Gasteiger partial charge in [0, 0.05) is 44.2 Å². The van der Waals surface area contributed by atoms with Crippen molar-refractivity contribution in [3.05, 3.63) is 255 Å². The predicted molar refractivity (Wildman–Crippen MR) is 282 cm³/mol. The van der Waals surface area contributed by atoms with Gasteiger partial charge in [-0.15, -0.1) is 0 Å². The molecule has 0 N–H and O–H groups in total. The Morgan fingerprint density at radius 3 is 1.67 bits per heavy atom. The molecule has 0 unspecified atom stereocenters. The Bertz CT molecular complexity index is 3960. The van der Waals surface area contributed by atoms with Gasteiger partial charge >= 0.3 is 0 Å². The van der Waals surface area contributed by atoms with E-state index in [1.165, 1.54) is 49.7 Å². The Hall–Kier alpha value is -8.92. The van der Waals surface area contributed by atoms with Crippen molar-refractivity contribution in [2.75, 3.05) is 4.90 Å². The van der Waals surface area contributed by atoms with Crippen LogP contribution in [0.25, 0.3) is 105 Å². The second kappa shape index (κ2) is 16.0. The third-order valence-electron chi connectivity index (χ3n) is 13.4. The summed E-state index contributed by atoms with van der Waals surface area (Å²) in [4.78, 5) is 2.43. The van der Waals surface area contributed by atoms with Crippen LogP contribution >= 0.6 is 0 Å². The average molecular weight is 855 g/mol. The lowest BCUT2D eigenvalue weighted by molar-refractivity contribution is 0.669. The summed E-state index contributed by atoms with van der Waals surface area (Å²) in [5.74, 6) is 0. The molecular weight excluding hydrogens is 813 g/mol. The zero-order chi connectivity index (χ0) is 44.3. The highest BCUT2D eigenvalue weighted by atomic mass is 16.3. The molecule has 0 saturated heterocycles. The summed E-state index contributed by atoms with van der Waals surface area (Å²) in [6.07, 6.45) is 0. The van der Waals surface area contributed by atoms with E-state index in [-0.39, 0.29) is 0 Å². The van der Waals surface area contributed by atoms with Crippen molar-refractivity contribution < 1.29 is 4.42 Å². The van der Waals surface area contributed by atoms with E-state index < -0.39 is 0 Å². The number of fused-ring (bicyclic) bond motifs is 8. The van der Waals surface area contributed by atoms with E-state index >= 15 is 0 Å². The Balaban J connectivity index is 1.08. The molecule has 0 aliphatic rings. The zero-order valence-electron chi connectivity index (χ0n) is 36.6. The molecule has 0 amide bonds. The summed E-state index contributed by atoms with van der Waals surface area (Å²) >= 11 is 0. The highest BCUT2D eigenvalue weighted by molar-refractivity contribution is 6.25. The number of aromatic nitrogens is 1. The predicted octanol–water partition coefficient (Wildman–Crippen LogP) is 18.0. The molecule has 13 rings (SSSR count). The van der Waals surface area contributed by atoms with Gasteiger partial charge < -0.3 is 13.9 Å². The van der Waals surface area contributed by atoms with Gasteiger partial charge in [0.05, 0.1) is 16.7 Å². The zero-order valence-corrected chi connectivity index (χ0v) is 36.6. The standard InChI is InChI=1S/C64H42N2O/c1-4-19-43(20-5-1)44-35-37-47(38-36-44)65(58-31-15-12-27-52(58)50-26-11-10-25-49(50)45-21-6-2-7-22-45)48-39-40-51-56(42-62-64(57(51)41-48)55-29-14-17-34-61(55)67-62)53-30-18-33-60-63(53)54-28-13-16-32-59(54)66(60)46-23-8-3-9-24-46/h1-42H. The topological polar surface area (TPSA) is 21.3 Å². The molecule has 2 aromatic heterocycles. The normalized spacial score (nSPS) is 11.6. The van der Waals surface area contributed by atoms with Crippen LogP contribution in [0, 0.1) is 0 Å². The summed E-state index contributed by atoms with van der Waals surface area (Å²) in [5.41, 5.74) is 17.7. The molecule has 13 aromatic rings. The first-order valence-corrected chi connectivity index (χ1v) is 22.9. The summed E-state index contributed by atoms with van der Waals surface area (Å²) in [5, 5.41) is 6.93. The van der Waals surface area contributed by atoms with E-state index in [0.717, 1.165) is 72.1 Å². The molecule has 0 radical (unpaired) electrons. The molecule has 67 heavy (non-hydrogen) atoms. The van der Waals surface area contributed by atoms with Gasteiger partial charge in [-0.1, -0.05) is 188 Å². The number of para-hydroxylation sites is 4. The molecule has 0 aliphatic heterocycles. The third kappa shape index (κ3) is 6.43. The van der Waals surface area contributed by atoms with E-state index in [4.69, 9.17) is 4.42 Å². The van der Waals surface area contributed by atoms with E-state index in [2.05, 4.69) is 264 Å². The minimum absolute atomic E-state index is 0.862. The van der Waals surface area contributed by atoms with Crippen LogP contribution in [-0.4, -0.2) is 4.57 Å². The minimum atomic E-state index is 0.862. The van der Waals surface area contributed by atoms with Crippen molar-refractivity contribution in [2.45, 2.75) is 0 Å². The van der Waals surface area contributed by atoms with Crippen molar-refractivity contribution in [3.63, 3.8) is 0 Å². The van der Waals surface area contributed by atoms with Gasteiger partial charge in [-0.3, -0.25) is 0 Å². The molecular formula is C64H42N2O. The van der Waals surface area contributed by atoms with Gasteiger partial charge in [0.25, 0.3) is 0 Å². The lowest BCUT2D eigenvalue weighted by Crippen LogP contribution is -2.11. The van der Waals surface area contributed by atoms with E-state index in [9.17, 15) is 0 Å². The SMILES string of the molecule is c1ccc(-c2ccc(N(c3ccc4c(-c5cccc6c5c5ccccc5n6-c5ccccc5)cc5oc6ccccc6c5c4c3)c3ccccc3-c3ccccc3-c3ccccc3)cc2)cc1. The molecule has 3 nitrogen and oxygen atoms in total. The number of nitrogens with zero attached hydrogens (tertiary/aromatic N) is 2. The smallest absolute Gasteiger partial charge is 0.136 e. The Labute approximate surface area is 388 Å². The molecule has 0 spiro atoms. The van der Waals surface area contributed by atoms with E-state index in [1.807, 2.05) is 0 Å². The summed E-state index contributed by atoms with van der Waals surface area (Å²) < 4.78 is 9.23. The first-order chi connectivity index (χ1) is 33.3. The fourth-order valence-electron chi connectivity index (χ4n) is 10.4. The molecule has 0 saturated carbocycles. The fourth-order valence-corrected chi connectivity index (χ4v) is 10.4. The van der Waals surface area contributed by atoms with Crippen molar-refractivity contribution >= 4 is 71.6 Å². The van der Waals surface area contributed by atoms with Crippen molar-refractivity contribution in [1.82, 2.24) is 4.57 Å². The molecule has 0 bridgehead atoms. The summed E-state index contributed by atoms with van der Waals surface area (Å²) in [6.45, 7) is 0. The first kappa shape index (κ1) is 38.5. The lowest BCUT2D eigenvalue weighted by Gasteiger charge is -2.29. The highest BCUT2D eigenvalue weighted by Crippen LogP contribution is 2.48. The monoisotopic (exact) mass is 854 g/mol. The van der Waals surface area contributed by atoms with Gasteiger partial charge in [-0.25, -0.2) is 0 Å². The number of hydrogen-bond donors (Lipinski definition) is 0. The maximum Gasteiger partial charge on any atom is 0.136 e. The summed E-state index contributed by atoms with van der Waals surface area (Å²) in [7, 11) is 0. The molecule has 2 heterocycles. The van der Waals surface area contributed by atoms with Gasteiger partial charge in [-0.2, -0.15) is 0 Å². The van der Waals surface area contributed by atoms with Crippen LogP contribution < -0.4 is 4.90 Å². The fraction of sp³-hybridized carbons (Fsp3) is 0. The number of hydrogen-bond acceptors (Lipinski definition) is 2. The average Bonchev–Trinajstić information content (AvgIpc) is 3.96. The van der Waals surface area contributed by atoms with Gasteiger partial charge in [-0.05, 0) is 116 Å². The van der Waals surface area contributed by atoms with Crippen molar-refractivity contribution in [2.24, 2.45) is 0 Å². The van der Waals surface area contributed by atoms with E-state index in [1.54, 1.807) is 0 Å². The van der Waals surface area contributed by atoms with E-state index in [0.29, 0.717) is 0 Å². The van der Waals surface area contributed by atoms with Crippen LogP contribution in [0.1, 0.15) is 0 Å². The molecule has 314 valence electrons. The molecule has 0 atom stereocenters. The Morgan fingerprint density at radius 1 is 0.299 bits per heavy atom. The molecule has 0 fully saturated rings. The van der Waals surface area contributed by atoms with Gasteiger partial charge in [0.2, 0.25) is 0 Å². The number of rotatable bonds is 8. The third-order valence-corrected chi connectivity index (χ3v) is 13.4. The highest BCUT2D eigenvalue weighted by Gasteiger charge is 2.24. The maximum absolute atomic E-state index is 6.83. The van der Waals surface area contributed by atoms with Crippen molar-refractivity contribution in [1.29, 1.82) is 0 Å². The van der Waals surface area contributed by atoms with Gasteiger partial charge in [0.1, 0.15) is 11.2 Å². The van der Waals surface area contributed by atoms with Crippen LogP contribution in [-0.2, 0) is 0 Å². The second-order valence-corrected chi connectivity index (χ2v) is 17.2. The van der Waals surface area contributed by atoms with Crippen LogP contribution in [0.2, 0.25) is 0 Å². The van der Waals surface area contributed by atoms with Crippen LogP contribution in [0.15, 0.2) is 259 Å². The first-order valence-electron chi connectivity index (χ1n) is 22.9. The number of anilines is 3. The van der Waals surface area contributed by atoms with Crippen LogP contribution in [0.4, 0.5) is 17.1 Å². The van der Waals surface area contributed by atoms with Gasteiger partial charge in [0.15, 0.2) is 0 Å². The van der Waals surface area contributed by atoms with Crippen LogP contribution in [0.3, 0.4) is 0 Å². The molecule has 3 heteroatoms. The second-order valence-electron chi connectivity index (χ2n) is 17.2. The lowest BCUT2D eigenvalue weighted by atomic mass is 9.91. The van der Waals surface area contributed by atoms with Crippen LogP contribution in [0.5, 0.6) is 0 Å². The van der Waals surface area contributed by atoms with Crippen molar-refractivity contribution in [3.8, 4) is 50.2 Å². The minimum Gasteiger partial charge on any atom is -0.456 e. The Morgan fingerprint density at radius 2 is 0.881 bits per heavy atom. The molecule has 11 aromatic carbocycles. The summed E-state index contributed by atoms with van der Waals surface area (Å²) in [6, 6.07) is 91.8. The number of benzene rings is 11. The molecule has 0 aliphatic carbocycles. The Kier molecular flexibility index (Phi) is 9.17. The maximum atomic E-state index is 6.83. The quantitative estimate of drug-likeness (QED) is 0.152. The largest absolute Gasteiger partial charge is 0.456 e.